The van der Waals surface area contributed by atoms with Gasteiger partial charge >= 0.3 is 0 Å². The Morgan fingerprint density at radius 1 is 1.08 bits per heavy atom. The van der Waals surface area contributed by atoms with Gasteiger partial charge in [-0.2, -0.15) is 0 Å². The fourth-order valence-electron chi connectivity index (χ4n) is 0.738. The van der Waals surface area contributed by atoms with Crippen molar-refractivity contribution in [1.82, 2.24) is 0 Å². The molecule has 0 aromatic heterocycles. The van der Waals surface area contributed by atoms with Crippen molar-refractivity contribution in [2.75, 3.05) is 0 Å². The smallest absolute Gasteiger partial charge is 0.253 e. The van der Waals surface area contributed by atoms with Crippen LogP contribution in [-0.2, 0) is 0 Å². The van der Waals surface area contributed by atoms with Gasteiger partial charge in [-0.1, -0.05) is 12.1 Å². The summed E-state index contributed by atoms with van der Waals surface area (Å²) in [4.78, 5) is 8.96. The van der Waals surface area contributed by atoms with Gasteiger partial charge in [0.25, 0.3) is 5.69 Å². The molecular weight excluding hydrogens is 166 g/mol. The van der Waals surface area contributed by atoms with Gasteiger partial charge in [0.2, 0.25) is 0 Å². The molecule has 0 aliphatic rings. The third kappa shape index (κ3) is 1.22. The number of nitro benzene ring substituents is 1. The summed E-state index contributed by atoms with van der Waals surface area (Å²) in [5.74, 6) is -3.09. The van der Waals surface area contributed by atoms with Crippen LogP contribution in [0.5, 0.6) is 17.2 Å². The van der Waals surface area contributed by atoms with Gasteiger partial charge in [-0.25, -0.2) is 0 Å². The molecule has 0 aliphatic carbocycles. The topological polar surface area (TPSA) is 112 Å². The second-order valence-electron chi connectivity index (χ2n) is 2.03. The third-order valence-electron chi connectivity index (χ3n) is 1.20. The van der Waals surface area contributed by atoms with E-state index in [4.69, 9.17) is 0 Å². The van der Waals surface area contributed by atoms with Crippen LogP contribution in [0, 0.1) is 10.1 Å². The van der Waals surface area contributed by atoms with E-state index >= 15 is 0 Å². The number of rotatable bonds is 1. The molecule has 1 aromatic rings. The summed E-state index contributed by atoms with van der Waals surface area (Å²) >= 11 is 0. The molecule has 0 spiro atoms. The fraction of sp³-hybridized carbons (Fsp3) is 0. The number of nitro groups is 1. The molecule has 12 heavy (non-hydrogen) atoms. The Balaban J connectivity index is 3.38. The lowest BCUT2D eigenvalue weighted by molar-refractivity contribution is -0.410. The van der Waals surface area contributed by atoms with E-state index < -0.39 is 27.9 Å². The molecule has 0 saturated carbocycles. The van der Waals surface area contributed by atoms with Crippen molar-refractivity contribution in [3.8, 4) is 17.2 Å². The minimum atomic E-state index is -1.14. The van der Waals surface area contributed by atoms with Crippen molar-refractivity contribution in [1.29, 1.82) is 0 Å². The second kappa shape index (κ2) is 2.57. The quantitative estimate of drug-likeness (QED) is 0.386. The van der Waals surface area contributed by atoms with Gasteiger partial charge in [-0.05, 0) is 11.5 Å². The SMILES string of the molecule is O=[N+]([O-])c1c([O-])cc([O-])cc1[O-]. The number of hydrogen-bond donors (Lipinski definition) is 0. The largest absolute Gasteiger partial charge is 0.872 e. The zero-order chi connectivity index (χ0) is 9.30. The van der Waals surface area contributed by atoms with Crippen LogP contribution in [0.4, 0.5) is 5.69 Å². The van der Waals surface area contributed by atoms with Gasteiger partial charge < -0.3 is 15.3 Å². The lowest BCUT2D eigenvalue weighted by Gasteiger charge is -2.17. The third-order valence-corrected chi connectivity index (χ3v) is 1.20. The van der Waals surface area contributed by atoms with Gasteiger partial charge in [-0.3, -0.25) is 10.1 Å². The molecule has 0 saturated heterocycles. The fourth-order valence-corrected chi connectivity index (χ4v) is 0.738. The van der Waals surface area contributed by atoms with E-state index in [0.29, 0.717) is 12.1 Å². The van der Waals surface area contributed by atoms with E-state index in [1.54, 1.807) is 0 Å². The molecule has 0 aliphatic heterocycles. The zero-order valence-corrected chi connectivity index (χ0v) is 5.64. The number of nitrogens with zero attached hydrogens (tertiary/aromatic N) is 1. The van der Waals surface area contributed by atoms with Crippen molar-refractivity contribution < 1.29 is 20.2 Å². The summed E-state index contributed by atoms with van der Waals surface area (Å²) in [5.41, 5.74) is -1.07. The average Bonchev–Trinajstić information content (AvgIpc) is 1.82. The molecule has 0 N–H and O–H groups in total. The highest BCUT2D eigenvalue weighted by Crippen LogP contribution is 2.33. The lowest BCUT2D eigenvalue weighted by atomic mass is 10.2. The average molecular weight is 168 g/mol. The maximum Gasteiger partial charge on any atom is 0.253 e. The first-order valence-electron chi connectivity index (χ1n) is 2.86. The van der Waals surface area contributed by atoms with Crippen LogP contribution in [0.3, 0.4) is 0 Å². The van der Waals surface area contributed by atoms with Crippen LogP contribution < -0.4 is 15.3 Å². The van der Waals surface area contributed by atoms with Crippen LogP contribution >= 0.6 is 0 Å². The Morgan fingerprint density at radius 2 is 1.50 bits per heavy atom. The zero-order valence-electron chi connectivity index (χ0n) is 5.64. The summed E-state index contributed by atoms with van der Waals surface area (Å²) in [6, 6.07) is 1.03. The monoisotopic (exact) mass is 168 g/mol. The molecule has 6 heteroatoms. The van der Waals surface area contributed by atoms with E-state index in [1.807, 2.05) is 0 Å². The highest BCUT2D eigenvalue weighted by Gasteiger charge is 2.06. The Hall–Kier alpha value is -1.98. The summed E-state index contributed by atoms with van der Waals surface area (Å²) in [6.07, 6.45) is 0. The molecule has 0 atom stereocenters. The molecule has 0 bridgehead atoms. The summed E-state index contributed by atoms with van der Waals surface area (Å²) < 4.78 is 0. The Bertz CT molecular complexity index is 312. The minimum absolute atomic E-state index is 0.513. The molecule has 1 rings (SSSR count). The van der Waals surface area contributed by atoms with Crippen molar-refractivity contribution >= 4 is 5.69 Å². The first-order valence-corrected chi connectivity index (χ1v) is 2.86. The summed E-state index contributed by atoms with van der Waals surface area (Å²) in [7, 11) is 0. The Morgan fingerprint density at radius 3 is 1.83 bits per heavy atom. The van der Waals surface area contributed by atoms with E-state index in [2.05, 4.69) is 0 Å². The highest BCUT2D eigenvalue weighted by atomic mass is 16.6. The molecule has 0 fully saturated rings. The summed E-state index contributed by atoms with van der Waals surface area (Å²) in [6.45, 7) is 0. The molecule has 0 radical (unpaired) electrons. The predicted molar refractivity (Wildman–Crippen MR) is 31.4 cm³/mol. The maximum atomic E-state index is 10.7. The van der Waals surface area contributed by atoms with Gasteiger partial charge in [0.1, 0.15) is 0 Å². The van der Waals surface area contributed by atoms with Gasteiger partial charge in [0.05, 0.1) is 4.92 Å². The standard InChI is InChI=1S/C6H5NO5/c8-3-1-4(9)6(7(11)12)5(10)2-3/h1-2,8-10H/p-3. The van der Waals surface area contributed by atoms with Gasteiger partial charge in [0.15, 0.2) is 0 Å². The van der Waals surface area contributed by atoms with Gasteiger partial charge in [0, 0.05) is 0 Å². The van der Waals surface area contributed by atoms with Crippen molar-refractivity contribution in [3.63, 3.8) is 0 Å². The van der Waals surface area contributed by atoms with Crippen molar-refractivity contribution in [2.45, 2.75) is 0 Å². The molecule has 64 valence electrons. The van der Waals surface area contributed by atoms with Crippen molar-refractivity contribution in [2.24, 2.45) is 0 Å². The van der Waals surface area contributed by atoms with E-state index in [1.165, 1.54) is 0 Å². The second-order valence-corrected chi connectivity index (χ2v) is 2.03. The van der Waals surface area contributed by atoms with Crippen LogP contribution in [0.15, 0.2) is 12.1 Å². The molecule has 0 amide bonds. The lowest BCUT2D eigenvalue weighted by Crippen LogP contribution is -2.04. The predicted octanol–water partition coefficient (Wildman–Crippen LogP) is -1.18. The Labute approximate surface area is 66.5 Å². The van der Waals surface area contributed by atoms with E-state index in [9.17, 15) is 25.4 Å². The Kier molecular flexibility index (Phi) is 1.74. The highest BCUT2D eigenvalue weighted by molar-refractivity contribution is 5.57. The molecule has 6 nitrogen and oxygen atoms in total. The molecule has 0 heterocycles. The summed E-state index contributed by atoms with van der Waals surface area (Å²) in [5, 5.41) is 41.8. The maximum absolute atomic E-state index is 10.7. The normalized spacial score (nSPS) is 9.67. The van der Waals surface area contributed by atoms with Gasteiger partial charge in [-0.15, -0.1) is 5.75 Å². The number of hydrogen-bond acceptors (Lipinski definition) is 5. The van der Waals surface area contributed by atoms with Crippen LogP contribution in [-0.4, -0.2) is 4.92 Å². The molecule has 1 aromatic carbocycles. The molecular formula is C6H2NO5-3. The first-order chi connectivity index (χ1) is 5.52. The molecule has 0 unspecified atom stereocenters. The van der Waals surface area contributed by atoms with Crippen molar-refractivity contribution in [3.05, 3.63) is 22.2 Å². The van der Waals surface area contributed by atoms with E-state index in [0.717, 1.165) is 0 Å². The van der Waals surface area contributed by atoms with Crippen LogP contribution in [0.2, 0.25) is 0 Å². The number of benzene rings is 1. The van der Waals surface area contributed by atoms with E-state index in [-0.39, 0.29) is 0 Å². The minimum Gasteiger partial charge on any atom is -0.872 e. The first kappa shape index (κ1) is 8.12. The van der Waals surface area contributed by atoms with Crippen LogP contribution in [0.25, 0.3) is 0 Å². The van der Waals surface area contributed by atoms with Crippen LogP contribution in [0.1, 0.15) is 0 Å².